The van der Waals surface area contributed by atoms with Gasteiger partial charge in [-0.15, -0.1) is 0 Å². The zero-order valence-electron chi connectivity index (χ0n) is 9.72. The molecule has 0 radical (unpaired) electrons. The molecule has 0 aliphatic rings. The molecule has 1 N–H and O–H groups in total. The second-order valence-electron chi connectivity index (χ2n) is 5.31. The Balaban J connectivity index is 3.82. The summed E-state index contributed by atoms with van der Waals surface area (Å²) in [6.45, 7) is 11.3. The van der Waals surface area contributed by atoms with E-state index in [1.807, 2.05) is 6.92 Å². The van der Waals surface area contributed by atoms with Crippen LogP contribution in [0, 0.1) is 11.3 Å². The molecular formula is C12H24O. The SMILES string of the molecule is C/C(=C\CC(C)CC(C)(C)C)CO. The van der Waals surface area contributed by atoms with Crippen molar-refractivity contribution in [3.05, 3.63) is 11.6 Å². The van der Waals surface area contributed by atoms with Crippen LogP contribution in [0.4, 0.5) is 0 Å². The van der Waals surface area contributed by atoms with Crippen molar-refractivity contribution in [1.29, 1.82) is 0 Å². The molecule has 0 rings (SSSR count). The highest BCUT2D eigenvalue weighted by Crippen LogP contribution is 2.26. The van der Waals surface area contributed by atoms with Gasteiger partial charge in [0.05, 0.1) is 6.61 Å². The van der Waals surface area contributed by atoms with Crippen molar-refractivity contribution >= 4 is 0 Å². The molecular weight excluding hydrogens is 160 g/mol. The van der Waals surface area contributed by atoms with E-state index in [0.717, 1.165) is 12.0 Å². The first-order chi connectivity index (χ1) is 5.85. The Morgan fingerprint density at radius 2 is 1.92 bits per heavy atom. The number of rotatable bonds is 4. The minimum absolute atomic E-state index is 0.197. The fraction of sp³-hybridized carbons (Fsp3) is 0.833. The predicted octanol–water partition coefficient (Wildman–Crippen LogP) is 3.39. The Morgan fingerprint density at radius 3 is 2.31 bits per heavy atom. The van der Waals surface area contributed by atoms with E-state index in [1.54, 1.807) is 0 Å². The van der Waals surface area contributed by atoms with Gasteiger partial charge in [0.2, 0.25) is 0 Å². The maximum absolute atomic E-state index is 8.81. The highest BCUT2D eigenvalue weighted by molar-refractivity contribution is 4.98. The Labute approximate surface area is 82.9 Å². The van der Waals surface area contributed by atoms with E-state index in [1.165, 1.54) is 6.42 Å². The maximum Gasteiger partial charge on any atom is 0.0639 e. The number of aliphatic hydroxyl groups excluding tert-OH is 1. The average Bonchev–Trinajstić information content (AvgIpc) is 1.97. The van der Waals surface area contributed by atoms with Crippen LogP contribution in [-0.2, 0) is 0 Å². The zero-order chi connectivity index (χ0) is 10.5. The molecule has 0 amide bonds. The van der Waals surface area contributed by atoms with Gasteiger partial charge < -0.3 is 5.11 Å². The van der Waals surface area contributed by atoms with Crippen LogP contribution in [0.25, 0.3) is 0 Å². The van der Waals surface area contributed by atoms with Gasteiger partial charge in [0.1, 0.15) is 0 Å². The summed E-state index contributed by atoms with van der Waals surface area (Å²) < 4.78 is 0. The van der Waals surface area contributed by atoms with Crippen molar-refractivity contribution in [1.82, 2.24) is 0 Å². The van der Waals surface area contributed by atoms with Crippen LogP contribution in [0.5, 0.6) is 0 Å². The van der Waals surface area contributed by atoms with E-state index < -0.39 is 0 Å². The molecule has 0 saturated carbocycles. The van der Waals surface area contributed by atoms with Gasteiger partial charge in [-0.2, -0.15) is 0 Å². The monoisotopic (exact) mass is 184 g/mol. The molecule has 0 fully saturated rings. The van der Waals surface area contributed by atoms with Gasteiger partial charge in [-0.25, -0.2) is 0 Å². The first kappa shape index (κ1) is 12.7. The van der Waals surface area contributed by atoms with Gasteiger partial charge >= 0.3 is 0 Å². The molecule has 0 aromatic heterocycles. The third kappa shape index (κ3) is 8.04. The predicted molar refractivity (Wildman–Crippen MR) is 58.7 cm³/mol. The molecule has 0 spiro atoms. The van der Waals surface area contributed by atoms with Crippen molar-refractivity contribution in [3.63, 3.8) is 0 Å². The Hall–Kier alpha value is -0.300. The van der Waals surface area contributed by atoms with Gasteiger partial charge in [-0.05, 0) is 31.1 Å². The van der Waals surface area contributed by atoms with Gasteiger partial charge in [-0.3, -0.25) is 0 Å². The zero-order valence-corrected chi connectivity index (χ0v) is 9.72. The van der Waals surface area contributed by atoms with Crippen molar-refractivity contribution in [2.75, 3.05) is 6.61 Å². The van der Waals surface area contributed by atoms with Crippen molar-refractivity contribution < 1.29 is 5.11 Å². The van der Waals surface area contributed by atoms with E-state index in [-0.39, 0.29) is 6.61 Å². The summed E-state index contributed by atoms with van der Waals surface area (Å²) in [5, 5.41) is 8.81. The number of allylic oxidation sites excluding steroid dienone is 1. The maximum atomic E-state index is 8.81. The molecule has 0 saturated heterocycles. The van der Waals surface area contributed by atoms with Gasteiger partial charge in [0, 0.05) is 0 Å². The Bertz CT molecular complexity index is 162. The van der Waals surface area contributed by atoms with Crippen LogP contribution in [0.2, 0.25) is 0 Å². The molecule has 78 valence electrons. The topological polar surface area (TPSA) is 20.2 Å². The highest BCUT2D eigenvalue weighted by atomic mass is 16.3. The molecule has 0 aliphatic carbocycles. The van der Waals surface area contributed by atoms with Gasteiger partial charge in [-0.1, -0.05) is 39.3 Å². The van der Waals surface area contributed by atoms with Gasteiger partial charge in [0.15, 0.2) is 0 Å². The third-order valence-corrected chi connectivity index (χ3v) is 2.08. The second-order valence-corrected chi connectivity index (χ2v) is 5.31. The molecule has 0 heterocycles. The minimum Gasteiger partial charge on any atom is -0.392 e. The first-order valence-electron chi connectivity index (χ1n) is 5.11. The third-order valence-electron chi connectivity index (χ3n) is 2.08. The molecule has 0 aromatic rings. The van der Waals surface area contributed by atoms with Crippen molar-refractivity contribution in [2.24, 2.45) is 11.3 Å². The number of hydrogen-bond acceptors (Lipinski definition) is 1. The number of hydrogen-bond donors (Lipinski definition) is 1. The normalized spacial score (nSPS) is 16.0. The largest absolute Gasteiger partial charge is 0.392 e. The quantitative estimate of drug-likeness (QED) is 0.664. The lowest BCUT2D eigenvalue weighted by Gasteiger charge is -2.22. The van der Waals surface area contributed by atoms with Crippen LogP contribution >= 0.6 is 0 Å². The summed E-state index contributed by atoms with van der Waals surface area (Å²) in [5.74, 6) is 0.710. The lowest BCUT2D eigenvalue weighted by atomic mass is 9.84. The summed E-state index contributed by atoms with van der Waals surface area (Å²) >= 11 is 0. The lowest BCUT2D eigenvalue weighted by molar-refractivity contribution is 0.306. The second kappa shape index (κ2) is 5.43. The molecule has 0 aromatic carbocycles. The van der Waals surface area contributed by atoms with Crippen molar-refractivity contribution in [3.8, 4) is 0 Å². The summed E-state index contributed by atoms with van der Waals surface area (Å²) in [6.07, 6.45) is 4.47. The fourth-order valence-electron chi connectivity index (χ4n) is 1.60. The summed E-state index contributed by atoms with van der Waals surface area (Å²) in [7, 11) is 0. The number of aliphatic hydroxyl groups is 1. The van der Waals surface area contributed by atoms with Crippen LogP contribution < -0.4 is 0 Å². The summed E-state index contributed by atoms with van der Waals surface area (Å²) in [6, 6.07) is 0. The highest BCUT2D eigenvalue weighted by Gasteiger charge is 2.14. The summed E-state index contributed by atoms with van der Waals surface area (Å²) in [4.78, 5) is 0. The molecule has 1 atom stereocenters. The van der Waals surface area contributed by atoms with Crippen LogP contribution in [0.1, 0.15) is 47.5 Å². The summed E-state index contributed by atoms with van der Waals surface area (Å²) in [5.41, 5.74) is 1.50. The average molecular weight is 184 g/mol. The molecule has 0 aliphatic heterocycles. The molecule has 1 nitrogen and oxygen atoms in total. The minimum atomic E-state index is 0.197. The lowest BCUT2D eigenvalue weighted by Crippen LogP contribution is -2.10. The van der Waals surface area contributed by atoms with Gasteiger partial charge in [0.25, 0.3) is 0 Å². The van der Waals surface area contributed by atoms with E-state index in [9.17, 15) is 0 Å². The van der Waals surface area contributed by atoms with E-state index in [0.29, 0.717) is 11.3 Å². The van der Waals surface area contributed by atoms with E-state index in [4.69, 9.17) is 5.11 Å². The van der Waals surface area contributed by atoms with Crippen LogP contribution in [0.3, 0.4) is 0 Å². The van der Waals surface area contributed by atoms with Crippen molar-refractivity contribution in [2.45, 2.75) is 47.5 Å². The van der Waals surface area contributed by atoms with Crippen LogP contribution in [-0.4, -0.2) is 11.7 Å². The molecule has 0 bridgehead atoms. The van der Waals surface area contributed by atoms with Crippen LogP contribution in [0.15, 0.2) is 11.6 Å². The van der Waals surface area contributed by atoms with E-state index >= 15 is 0 Å². The molecule has 13 heavy (non-hydrogen) atoms. The Kier molecular flexibility index (Phi) is 5.31. The first-order valence-corrected chi connectivity index (χ1v) is 5.11. The smallest absolute Gasteiger partial charge is 0.0639 e. The molecule has 1 heteroatoms. The van der Waals surface area contributed by atoms with E-state index in [2.05, 4.69) is 33.8 Å². The Morgan fingerprint density at radius 1 is 1.38 bits per heavy atom. The molecule has 1 unspecified atom stereocenters. The fourth-order valence-corrected chi connectivity index (χ4v) is 1.60. The standard InChI is InChI=1S/C12H24O/c1-10(8-12(3,4)5)6-7-11(2)9-13/h7,10,13H,6,8-9H2,1-5H3/b11-7+.